The highest BCUT2D eigenvalue weighted by Crippen LogP contribution is 2.41. The Labute approximate surface area is 240 Å². The van der Waals surface area contributed by atoms with Gasteiger partial charge in [0, 0.05) is 27.5 Å². The van der Waals surface area contributed by atoms with E-state index in [1.807, 2.05) is 0 Å². The number of amides is 4. The van der Waals surface area contributed by atoms with E-state index in [-0.39, 0.29) is 27.4 Å². The van der Waals surface area contributed by atoms with Crippen molar-refractivity contribution in [3.05, 3.63) is 56.2 Å². The first kappa shape index (κ1) is 29.8. The van der Waals surface area contributed by atoms with Gasteiger partial charge in [-0.05, 0) is 39.7 Å². The molecule has 2 aliphatic rings. The van der Waals surface area contributed by atoms with Gasteiger partial charge in [-0.1, -0.05) is 17.7 Å². The lowest BCUT2D eigenvalue weighted by atomic mass is 10.0. The number of aromatic nitrogens is 2. The van der Waals surface area contributed by atoms with Crippen molar-refractivity contribution in [2.75, 3.05) is 18.1 Å². The Kier molecular flexibility index (Phi) is 9.01. The first-order valence-electron chi connectivity index (χ1n) is 11.1. The number of carboxylic acid groups (broad SMARTS) is 1. The summed E-state index contributed by atoms with van der Waals surface area (Å²) in [4.78, 5) is 51.8. The van der Waals surface area contributed by atoms with Crippen LogP contribution < -0.4 is 20.8 Å². The van der Waals surface area contributed by atoms with Crippen LogP contribution in [0.2, 0.25) is 5.15 Å². The van der Waals surface area contributed by atoms with E-state index in [0.717, 1.165) is 28.0 Å². The summed E-state index contributed by atoms with van der Waals surface area (Å²) in [5, 5.41) is 32.5. The zero-order valence-electron chi connectivity index (χ0n) is 19.8. The van der Waals surface area contributed by atoms with Crippen molar-refractivity contribution in [2.24, 2.45) is 0 Å². The van der Waals surface area contributed by atoms with Crippen LogP contribution in [0, 0.1) is 5.21 Å². The summed E-state index contributed by atoms with van der Waals surface area (Å²) in [7, 11) is 0. The normalized spacial score (nSPS) is 19.4. The lowest BCUT2D eigenvalue weighted by Crippen LogP contribution is -2.71. The maximum atomic E-state index is 13.1. The summed E-state index contributed by atoms with van der Waals surface area (Å²) in [6.45, 7) is -1.61. The van der Waals surface area contributed by atoms with E-state index in [2.05, 4.69) is 15.7 Å². The first-order chi connectivity index (χ1) is 18.9. The molecule has 12 nitrogen and oxygen atoms in total. The molecule has 0 spiro atoms. The minimum atomic E-state index is -4.66. The van der Waals surface area contributed by atoms with Gasteiger partial charge in [-0.25, -0.2) is 9.59 Å². The SMILES string of the molecule is O=C(NCC(F)(F)F)NC(C(=O)N[C@H]1C(=O)N2C(C(=O)O)=C(CSc3ccc(Cl)n[n+]3[O-])CSC12)c1cccs1. The molecule has 0 radical (unpaired) electrons. The van der Waals surface area contributed by atoms with Gasteiger partial charge < -0.3 is 26.3 Å². The molecule has 2 aromatic rings. The Bertz CT molecular complexity index is 1360. The molecule has 214 valence electrons. The maximum absolute atomic E-state index is 13.1. The Morgan fingerprint density at radius 1 is 1.32 bits per heavy atom. The molecule has 1 fully saturated rings. The van der Waals surface area contributed by atoms with E-state index < -0.39 is 54.0 Å². The summed E-state index contributed by atoms with van der Waals surface area (Å²) in [5.74, 6) is -2.72. The molecule has 2 aliphatic heterocycles. The third kappa shape index (κ3) is 6.73. The number of urea groups is 1. The second kappa shape index (κ2) is 12.1. The fourth-order valence-corrected chi connectivity index (χ4v) is 7.01. The highest BCUT2D eigenvalue weighted by molar-refractivity contribution is 8.01. The number of aliphatic carboxylic acids is 1. The number of rotatable bonds is 9. The number of thiophene rings is 1. The molecule has 0 aromatic carbocycles. The summed E-state index contributed by atoms with van der Waals surface area (Å²) < 4.78 is 37.4. The summed E-state index contributed by atoms with van der Waals surface area (Å²) in [5.41, 5.74) is 0.0943. The number of nitrogens with one attached hydrogen (secondary N) is 3. The molecule has 19 heteroatoms. The molecule has 1 saturated heterocycles. The molecule has 4 N–H and O–H groups in total. The van der Waals surface area contributed by atoms with Crippen molar-refractivity contribution in [3.63, 3.8) is 0 Å². The molecule has 3 atom stereocenters. The highest BCUT2D eigenvalue weighted by Gasteiger charge is 2.54. The lowest BCUT2D eigenvalue weighted by molar-refractivity contribution is -0.706. The second-order valence-electron chi connectivity index (χ2n) is 8.20. The van der Waals surface area contributed by atoms with Crippen LogP contribution in [0.4, 0.5) is 18.0 Å². The fraction of sp³-hybridized carbons (Fsp3) is 0.333. The van der Waals surface area contributed by atoms with Crippen LogP contribution >= 0.6 is 46.5 Å². The second-order valence-corrected chi connectivity index (χ2v) is 11.7. The van der Waals surface area contributed by atoms with Gasteiger partial charge in [0.2, 0.25) is 5.91 Å². The van der Waals surface area contributed by atoms with Gasteiger partial charge in [-0.2, -0.15) is 13.2 Å². The number of nitrogens with zero attached hydrogens (tertiary/aromatic N) is 3. The number of thioether (sulfide) groups is 2. The topological polar surface area (TPSA) is 168 Å². The Morgan fingerprint density at radius 3 is 2.70 bits per heavy atom. The third-order valence-electron chi connectivity index (χ3n) is 5.49. The van der Waals surface area contributed by atoms with Crippen molar-refractivity contribution < 1.29 is 42.3 Å². The van der Waals surface area contributed by atoms with Crippen LogP contribution in [0.5, 0.6) is 0 Å². The molecular weight excluding hydrogens is 621 g/mol. The summed E-state index contributed by atoms with van der Waals surface area (Å²) in [6.07, 6.45) is -4.66. The van der Waals surface area contributed by atoms with Crippen LogP contribution in [0.25, 0.3) is 0 Å². The highest BCUT2D eigenvalue weighted by atomic mass is 35.5. The van der Waals surface area contributed by atoms with Gasteiger partial charge in [0.05, 0.1) is 0 Å². The molecule has 2 aromatic heterocycles. The lowest BCUT2D eigenvalue weighted by Gasteiger charge is -2.49. The van der Waals surface area contributed by atoms with Crippen LogP contribution in [0.1, 0.15) is 10.9 Å². The predicted octanol–water partition coefficient (Wildman–Crippen LogP) is 1.86. The number of hydrogen-bond donors (Lipinski definition) is 4. The van der Waals surface area contributed by atoms with Gasteiger partial charge in [0.25, 0.3) is 10.9 Å². The molecular formula is C21H18ClF3N6O6S3. The summed E-state index contributed by atoms with van der Waals surface area (Å²) in [6, 6.07) is 2.09. The van der Waals surface area contributed by atoms with Crippen LogP contribution in [0.3, 0.4) is 0 Å². The molecule has 4 amide bonds. The van der Waals surface area contributed by atoms with E-state index in [1.165, 1.54) is 30.0 Å². The molecule has 4 rings (SSSR count). The Morgan fingerprint density at radius 2 is 2.08 bits per heavy atom. The number of alkyl halides is 3. The fourth-order valence-electron chi connectivity index (χ4n) is 3.75. The maximum Gasteiger partial charge on any atom is 0.405 e. The van der Waals surface area contributed by atoms with Gasteiger partial charge in [-0.3, -0.25) is 14.5 Å². The molecule has 4 heterocycles. The van der Waals surface area contributed by atoms with Crippen LogP contribution in [-0.4, -0.2) is 74.6 Å². The molecule has 2 unspecified atom stereocenters. The van der Waals surface area contributed by atoms with Gasteiger partial charge in [0.1, 0.15) is 29.7 Å². The largest absolute Gasteiger partial charge is 0.593 e. The van der Waals surface area contributed by atoms with Crippen molar-refractivity contribution in [2.45, 2.75) is 28.7 Å². The zero-order chi connectivity index (χ0) is 29.2. The van der Waals surface area contributed by atoms with Crippen LogP contribution in [0.15, 0.2) is 45.9 Å². The van der Waals surface area contributed by atoms with Crippen LogP contribution in [-0.2, 0) is 14.4 Å². The predicted molar refractivity (Wildman–Crippen MR) is 138 cm³/mol. The number of carbonyl (C=O) groups is 4. The number of carbonyl (C=O) groups excluding carboxylic acids is 3. The first-order valence-corrected chi connectivity index (χ1v) is 14.4. The van der Waals surface area contributed by atoms with Crippen molar-refractivity contribution >= 4 is 70.3 Å². The standard InChI is InChI=1S/C21H18ClF3N6O6S3/c22-11-3-4-12(31(37)29-11)39-6-9-7-40-18-14(17(33)30(18)15(9)19(34)35)27-16(32)13(10-2-1-5-38-10)28-20(36)26-8-21(23,24)25/h1-5,13-14,18H,6-8H2,(H,27,32)(H,34,35)(H2,26,28,36)/t13?,14-,18?/m0/s1. The van der Waals surface area contributed by atoms with Gasteiger partial charge in [-0.15, -0.1) is 23.1 Å². The van der Waals surface area contributed by atoms with E-state index in [4.69, 9.17) is 11.6 Å². The minimum Gasteiger partial charge on any atom is -0.593 e. The van der Waals surface area contributed by atoms with Crippen molar-refractivity contribution in [1.29, 1.82) is 0 Å². The number of β-lactam (4-membered cyclic amide) rings is 1. The third-order valence-corrected chi connectivity index (χ3v) is 9.05. The molecule has 40 heavy (non-hydrogen) atoms. The van der Waals surface area contributed by atoms with Crippen molar-refractivity contribution in [1.82, 2.24) is 25.9 Å². The average molecular weight is 639 g/mol. The van der Waals surface area contributed by atoms with E-state index >= 15 is 0 Å². The van der Waals surface area contributed by atoms with E-state index in [9.17, 15) is 42.7 Å². The molecule has 0 saturated carbocycles. The molecule has 0 bridgehead atoms. The summed E-state index contributed by atoms with van der Waals surface area (Å²) >= 11 is 8.93. The van der Waals surface area contributed by atoms with Gasteiger partial charge >= 0.3 is 18.2 Å². The number of fused-ring (bicyclic) bond motifs is 1. The Balaban J connectivity index is 1.45. The number of hydrogen-bond acceptors (Lipinski definition) is 9. The number of halogens is 4. The zero-order valence-corrected chi connectivity index (χ0v) is 23.0. The average Bonchev–Trinajstić information content (AvgIpc) is 3.42. The van der Waals surface area contributed by atoms with E-state index in [0.29, 0.717) is 15.3 Å². The minimum absolute atomic E-state index is 0.0152. The monoisotopic (exact) mass is 638 g/mol. The van der Waals surface area contributed by atoms with E-state index in [1.54, 1.807) is 16.8 Å². The Hall–Kier alpha value is -3.22. The smallest absolute Gasteiger partial charge is 0.405 e. The number of carboxylic acids is 1. The quantitative estimate of drug-likeness (QED) is 0.139. The van der Waals surface area contributed by atoms with Gasteiger partial charge in [0.15, 0.2) is 5.15 Å². The molecule has 0 aliphatic carbocycles. The van der Waals surface area contributed by atoms with Crippen molar-refractivity contribution in [3.8, 4) is 0 Å².